The van der Waals surface area contributed by atoms with Gasteiger partial charge in [0.2, 0.25) is 0 Å². The Labute approximate surface area is 120 Å². The second kappa shape index (κ2) is 6.39. The lowest BCUT2D eigenvalue weighted by Gasteiger charge is -2.10. The van der Waals surface area contributed by atoms with Crippen molar-refractivity contribution in [1.82, 2.24) is 5.32 Å². The Morgan fingerprint density at radius 1 is 1.24 bits per heavy atom. The summed E-state index contributed by atoms with van der Waals surface area (Å²) in [5, 5.41) is 21.5. The molecule has 0 bridgehead atoms. The molecule has 0 unspecified atom stereocenters. The van der Waals surface area contributed by atoms with Crippen LogP contribution in [0.15, 0.2) is 36.4 Å². The molecule has 0 atom stereocenters. The second-order valence-corrected chi connectivity index (χ2v) is 4.22. The summed E-state index contributed by atoms with van der Waals surface area (Å²) >= 11 is 0. The van der Waals surface area contributed by atoms with Gasteiger partial charge in [-0.25, -0.2) is 4.79 Å². The highest BCUT2D eigenvalue weighted by molar-refractivity contribution is 5.97. The Kier molecular flexibility index (Phi) is 4.36. The molecule has 6 heteroatoms. The van der Waals surface area contributed by atoms with E-state index in [1.165, 1.54) is 6.07 Å². The fraction of sp³-hybridized carbons (Fsp3) is 0.133. The number of hydrogen-bond donors (Lipinski definition) is 2. The van der Waals surface area contributed by atoms with Crippen LogP contribution in [0.1, 0.15) is 10.4 Å². The molecule has 0 radical (unpaired) electrons. The van der Waals surface area contributed by atoms with Crippen molar-refractivity contribution < 1.29 is 19.4 Å². The molecule has 2 aromatic carbocycles. The number of carbonyl (C=O) groups is 2. The van der Waals surface area contributed by atoms with Gasteiger partial charge in [0.15, 0.2) is 6.61 Å². The highest BCUT2D eigenvalue weighted by Crippen LogP contribution is 2.26. The highest BCUT2D eigenvalue weighted by atomic mass is 16.5. The fourth-order valence-electron chi connectivity index (χ4n) is 1.84. The van der Waals surface area contributed by atoms with Crippen molar-refractivity contribution >= 4 is 22.6 Å². The zero-order chi connectivity index (χ0) is 15.2. The van der Waals surface area contributed by atoms with Crippen LogP contribution < -0.4 is 10.1 Å². The van der Waals surface area contributed by atoms with Gasteiger partial charge < -0.3 is 15.2 Å². The van der Waals surface area contributed by atoms with E-state index in [0.717, 1.165) is 10.8 Å². The first-order valence-corrected chi connectivity index (χ1v) is 6.14. The smallest absolute Gasteiger partial charge is 0.339 e. The van der Waals surface area contributed by atoms with E-state index in [1.807, 2.05) is 18.2 Å². The van der Waals surface area contributed by atoms with Crippen LogP contribution in [0.5, 0.6) is 5.75 Å². The van der Waals surface area contributed by atoms with Gasteiger partial charge in [-0.3, -0.25) is 4.79 Å². The molecule has 0 aliphatic heterocycles. The average molecular weight is 284 g/mol. The largest absolute Gasteiger partial charge is 0.483 e. The van der Waals surface area contributed by atoms with E-state index in [9.17, 15) is 14.7 Å². The number of carboxylic acids is 1. The van der Waals surface area contributed by atoms with Crippen molar-refractivity contribution in [3.63, 3.8) is 0 Å². The van der Waals surface area contributed by atoms with Crippen molar-refractivity contribution in [3.05, 3.63) is 42.0 Å². The van der Waals surface area contributed by atoms with Crippen molar-refractivity contribution in [2.75, 3.05) is 13.2 Å². The van der Waals surface area contributed by atoms with E-state index in [4.69, 9.17) is 10.00 Å². The number of hydrogen-bond acceptors (Lipinski definition) is 4. The number of nitriles is 1. The highest BCUT2D eigenvalue weighted by Gasteiger charge is 2.14. The Hall–Kier alpha value is -3.07. The summed E-state index contributed by atoms with van der Waals surface area (Å²) in [5.41, 5.74) is -0.0122. The summed E-state index contributed by atoms with van der Waals surface area (Å²) < 4.78 is 5.26. The quantitative estimate of drug-likeness (QED) is 0.812. The van der Waals surface area contributed by atoms with Crippen molar-refractivity contribution in [2.45, 2.75) is 0 Å². The van der Waals surface area contributed by atoms with Gasteiger partial charge in [-0.05, 0) is 22.9 Å². The van der Waals surface area contributed by atoms with Crippen LogP contribution in [-0.4, -0.2) is 30.1 Å². The van der Waals surface area contributed by atoms with Crippen LogP contribution in [0.2, 0.25) is 0 Å². The lowest BCUT2D eigenvalue weighted by molar-refractivity contribution is -0.122. The third-order valence-corrected chi connectivity index (χ3v) is 2.80. The first-order chi connectivity index (χ1) is 10.1. The minimum atomic E-state index is -1.13. The number of rotatable bonds is 5. The van der Waals surface area contributed by atoms with E-state index in [2.05, 4.69) is 5.32 Å². The maximum atomic E-state index is 11.4. The van der Waals surface area contributed by atoms with Gasteiger partial charge in [-0.15, -0.1) is 0 Å². The van der Waals surface area contributed by atoms with Crippen molar-refractivity contribution in [1.29, 1.82) is 5.26 Å². The minimum Gasteiger partial charge on any atom is -0.483 e. The summed E-state index contributed by atoms with van der Waals surface area (Å²) in [6, 6.07) is 12.1. The van der Waals surface area contributed by atoms with Crippen LogP contribution in [0.4, 0.5) is 0 Å². The molecule has 2 rings (SSSR count). The normalized spacial score (nSPS) is 9.86. The second-order valence-electron chi connectivity index (χ2n) is 4.22. The number of aromatic carboxylic acids is 1. The zero-order valence-corrected chi connectivity index (χ0v) is 11.0. The molecule has 0 aromatic heterocycles. The van der Waals surface area contributed by atoms with E-state index in [1.54, 1.807) is 18.2 Å². The van der Waals surface area contributed by atoms with E-state index in [0.29, 0.717) is 0 Å². The summed E-state index contributed by atoms with van der Waals surface area (Å²) in [6.45, 7) is -0.466. The molecule has 0 aliphatic carbocycles. The standard InChI is InChI=1S/C15H12N2O4/c16-5-6-17-14(18)9-21-13-8-11-4-2-1-3-10(11)7-12(13)15(19)20/h1-4,7-8H,6,9H2,(H,17,18)(H,19,20). The van der Waals surface area contributed by atoms with Gasteiger partial charge in [-0.2, -0.15) is 5.26 Å². The van der Waals surface area contributed by atoms with Crippen LogP contribution >= 0.6 is 0 Å². The Morgan fingerprint density at radius 2 is 1.90 bits per heavy atom. The first-order valence-electron chi connectivity index (χ1n) is 6.14. The molecule has 0 heterocycles. The lowest BCUT2D eigenvalue weighted by Crippen LogP contribution is -2.29. The van der Waals surface area contributed by atoms with Gasteiger partial charge in [0.1, 0.15) is 17.9 Å². The fourth-order valence-corrected chi connectivity index (χ4v) is 1.84. The Bertz CT molecular complexity index is 734. The molecule has 2 N–H and O–H groups in total. The predicted octanol–water partition coefficient (Wildman–Crippen LogP) is 1.56. The number of nitrogens with one attached hydrogen (secondary N) is 1. The number of benzene rings is 2. The van der Waals surface area contributed by atoms with Crippen LogP contribution in [-0.2, 0) is 4.79 Å². The van der Waals surface area contributed by atoms with Crippen LogP contribution in [0, 0.1) is 11.3 Å². The summed E-state index contributed by atoms with van der Waals surface area (Å²) in [7, 11) is 0. The molecule has 0 saturated heterocycles. The SMILES string of the molecule is N#CCNC(=O)COc1cc2ccccc2cc1C(=O)O. The van der Waals surface area contributed by atoms with E-state index < -0.39 is 11.9 Å². The maximum Gasteiger partial charge on any atom is 0.339 e. The van der Waals surface area contributed by atoms with Gasteiger partial charge >= 0.3 is 5.97 Å². The number of nitrogens with zero attached hydrogens (tertiary/aromatic N) is 1. The lowest BCUT2D eigenvalue weighted by atomic mass is 10.1. The number of ether oxygens (including phenoxy) is 1. The summed E-state index contributed by atoms with van der Waals surface area (Å²) in [5.74, 6) is -1.50. The van der Waals surface area contributed by atoms with Crippen LogP contribution in [0.25, 0.3) is 10.8 Å². The Morgan fingerprint density at radius 3 is 2.52 bits per heavy atom. The van der Waals surface area contributed by atoms with Gasteiger partial charge in [0.25, 0.3) is 5.91 Å². The molecule has 2 aromatic rings. The molecule has 0 aliphatic rings. The zero-order valence-electron chi connectivity index (χ0n) is 11.0. The average Bonchev–Trinajstić information content (AvgIpc) is 2.49. The minimum absolute atomic E-state index is 0.0122. The Balaban J connectivity index is 2.25. The molecular weight excluding hydrogens is 272 g/mol. The van der Waals surface area contributed by atoms with E-state index >= 15 is 0 Å². The van der Waals surface area contributed by atoms with Crippen LogP contribution in [0.3, 0.4) is 0 Å². The topological polar surface area (TPSA) is 99.4 Å². The number of fused-ring (bicyclic) bond motifs is 1. The number of amides is 1. The predicted molar refractivity (Wildman–Crippen MR) is 75.0 cm³/mol. The van der Waals surface area contributed by atoms with Gasteiger partial charge in [0.05, 0.1) is 6.07 Å². The molecule has 21 heavy (non-hydrogen) atoms. The summed E-state index contributed by atoms with van der Waals surface area (Å²) in [4.78, 5) is 22.6. The molecule has 6 nitrogen and oxygen atoms in total. The monoisotopic (exact) mass is 284 g/mol. The molecule has 0 saturated carbocycles. The summed E-state index contributed by atoms with van der Waals surface area (Å²) in [6.07, 6.45) is 0. The van der Waals surface area contributed by atoms with Gasteiger partial charge in [0, 0.05) is 0 Å². The third-order valence-electron chi connectivity index (χ3n) is 2.80. The number of carbonyl (C=O) groups excluding carboxylic acids is 1. The maximum absolute atomic E-state index is 11.4. The van der Waals surface area contributed by atoms with Crippen molar-refractivity contribution in [2.24, 2.45) is 0 Å². The molecule has 1 amide bonds. The molecule has 0 spiro atoms. The number of carboxylic acid groups (broad SMARTS) is 1. The van der Waals surface area contributed by atoms with Crippen molar-refractivity contribution in [3.8, 4) is 11.8 Å². The van der Waals surface area contributed by atoms with Gasteiger partial charge in [-0.1, -0.05) is 24.3 Å². The molecule has 0 fully saturated rings. The first kappa shape index (κ1) is 14.3. The van der Waals surface area contributed by atoms with E-state index in [-0.39, 0.29) is 24.5 Å². The third kappa shape index (κ3) is 3.48. The molecular formula is C15H12N2O4. The molecule has 106 valence electrons.